The van der Waals surface area contributed by atoms with Gasteiger partial charge in [0.25, 0.3) is 0 Å². The monoisotopic (exact) mass is 350 g/mol. The minimum Gasteiger partial charge on any atom is -0.392 e. The van der Waals surface area contributed by atoms with E-state index >= 15 is 0 Å². The Labute approximate surface area is 154 Å². The Morgan fingerprint density at radius 1 is 0.880 bits per heavy atom. The van der Waals surface area contributed by atoms with Crippen molar-refractivity contribution in [2.45, 2.75) is 78.9 Å². The number of hydrogen-bond donors (Lipinski definition) is 1. The highest BCUT2D eigenvalue weighted by Gasteiger charge is 2.39. The van der Waals surface area contributed by atoms with Crippen molar-refractivity contribution in [2.24, 2.45) is 5.92 Å². The summed E-state index contributed by atoms with van der Waals surface area (Å²) in [5, 5.41) is 8.86. The van der Waals surface area contributed by atoms with Crippen LogP contribution in [-0.2, 0) is 9.47 Å². The predicted molar refractivity (Wildman–Crippen MR) is 106 cm³/mol. The third-order valence-electron chi connectivity index (χ3n) is 5.03. The molecule has 0 spiro atoms. The number of rotatable bonds is 11. The van der Waals surface area contributed by atoms with Crippen LogP contribution in [0.15, 0.2) is 34.9 Å². The average molecular weight is 351 g/mol. The molecule has 0 radical (unpaired) electrons. The smallest absolute Gasteiger partial charge is 0.171 e. The molecule has 144 valence electrons. The maximum absolute atomic E-state index is 8.86. The second-order valence-corrected chi connectivity index (χ2v) is 7.57. The van der Waals surface area contributed by atoms with Crippen molar-refractivity contribution >= 4 is 0 Å². The van der Waals surface area contributed by atoms with E-state index in [0.717, 1.165) is 51.7 Å². The molecule has 1 saturated heterocycles. The average Bonchev–Trinajstić information content (AvgIpc) is 3.03. The fourth-order valence-electron chi connectivity index (χ4n) is 3.16. The minimum atomic E-state index is -0.370. The molecular weight excluding hydrogens is 312 g/mol. The first-order chi connectivity index (χ1) is 11.9. The molecule has 0 amide bonds. The lowest BCUT2D eigenvalue weighted by molar-refractivity contribution is -0.191. The summed E-state index contributed by atoms with van der Waals surface area (Å²) in [6.07, 6.45) is 12.8. The molecule has 0 aromatic rings. The number of aliphatic hydroxyl groups excluding tert-OH is 1. The molecule has 1 aliphatic heterocycles. The molecule has 25 heavy (non-hydrogen) atoms. The van der Waals surface area contributed by atoms with Crippen molar-refractivity contribution in [3.05, 3.63) is 34.9 Å². The maximum atomic E-state index is 8.86. The van der Waals surface area contributed by atoms with Crippen molar-refractivity contribution < 1.29 is 14.6 Å². The van der Waals surface area contributed by atoms with E-state index in [0.29, 0.717) is 5.92 Å². The van der Waals surface area contributed by atoms with Crippen LogP contribution in [0.2, 0.25) is 0 Å². The van der Waals surface area contributed by atoms with Gasteiger partial charge in [-0.25, -0.2) is 0 Å². The number of allylic oxidation sites excluding steroid dienone is 5. The van der Waals surface area contributed by atoms with Gasteiger partial charge in [0, 0.05) is 12.3 Å². The zero-order valence-corrected chi connectivity index (χ0v) is 16.9. The topological polar surface area (TPSA) is 38.7 Å². The summed E-state index contributed by atoms with van der Waals surface area (Å²) < 4.78 is 11.8. The fourth-order valence-corrected chi connectivity index (χ4v) is 3.16. The quantitative estimate of drug-likeness (QED) is 0.496. The summed E-state index contributed by atoms with van der Waals surface area (Å²) in [7, 11) is 0. The molecule has 0 aromatic carbocycles. The first-order valence-electron chi connectivity index (χ1n) is 9.75. The van der Waals surface area contributed by atoms with Gasteiger partial charge in [0.15, 0.2) is 5.79 Å². The summed E-state index contributed by atoms with van der Waals surface area (Å²) in [6, 6.07) is 0. The minimum absolute atomic E-state index is 0.146. The second kappa shape index (κ2) is 11.7. The van der Waals surface area contributed by atoms with Crippen molar-refractivity contribution in [1.82, 2.24) is 0 Å². The van der Waals surface area contributed by atoms with Gasteiger partial charge in [-0.1, -0.05) is 48.8 Å². The molecule has 1 aliphatic rings. The van der Waals surface area contributed by atoms with E-state index in [1.165, 1.54) is 16.7 Å². The van der Waals surface area contributed by atoms with Gasteiger partial charge in [0.2, 0.25) is 0 Å². The molecule has 3 nitrogen and oxygen atoms in total. The SMILES string of the molecule is C/C(=C\CO)CC/C=C(\C)CC/C=C(\C)CCC1(C(C)C)OCCO1. The molecule has 1 heterocycles. The van der Waals surface area contributed by atoms with Crippen molar-refractivity contribution in [3.63, 3.8) is 0 Å². The molecular formula is C22H38O3. The van der Waals surface area contributed by atoms with E-state index in [2.05, 4.69) is 46.8 Å². The van der Waals surface area contributed by atoms with Crippen molar-refractivity contribution in [3.8, 4) is 0 Å². The first kappa shape index (κ1) is 22.1. The van der Waals surface area contributed by atoms with Crippen molar-refractivity contribution in [2.75, 3.05) is 19.8 Å². The Balaban J connectivity index is 2.31. The van der Waals surface area contributed by atoms with Crippen LogP contribution in [0.5, 0.6) is 0 Å². The first-order valence-corrected chi connectivity index (χ1v) is 9.75. The van der Waals surface area contributed by atoms with Crippen molar-refractivity contribution in [1.29, 1.82) is 0 Å². The van der Waals surface area contributed by atoms with Crippen LogP contribution in [0.1, 0.15) is 73.1 Å². The molecule has 0 aliphatic carbocycles. The largest absolute Gasteiger partial charge is 0.392 e. The van der Waals surface area contributed by atoms with Gasteiger partial charge in [-0.3, -0.25) is 0 Å². The van der Waals surface area contributed by atoms with Gasteiger partial charge in [0.05, 0.1) is 19.8 Å². The van der Waals surface area contributed by atoms with E-state index in [-0.39, 0.29) is 12.4 Å². The van der Waals surface area contributed by atoms with E-state index in [1.54, 1.807) is 0 Å². The van der Waals surface area contributed by atoms with Crippen LogP contribution < -0.4 is 0 Å². The Kier molecular flexibility index (Phi) is 10.3. The van der Waals surface area contributed by atoms with Gasteiger partial charge in [-0.15, -0.1) is 0 Å². The lowest BCUT2D eigenvalue weighted by Gasteiger charge is -2.31. The van der Waals surface area contributed by atoms with Crippen LogP contribution in [0, 0.1) is 5.92 Å². The summed E-state index contributed by atoms with van der Waals surface area (Å²) in [4.78, 5) is 0. The molecule has 0 atom stereocenters. The summed E-state index contributed by atoms with van der Waals surface area (Å²) >= 11 is 0. The van der Waals surface area contributed by atoms with Crippen LogP contribution in [0.25, 0.3) is 0 Å². The normalized spacial score (nSPS) is 19.1. The fraction of sp³-hybridized carbons (Fsp3) is 0.727. The highest BCUT2D eigenvalue weighted by Crippen LogP contribution is 2.33. The van der Waals surface area contributed by atoms with E-state index in [1.807, 2.05) is 6.08 Å². The number of hydrogen-bond acceptors (Lipinski definition) is 3. The van der Waals surface area contributed by atoms with E-state index in [4.69, 9.17) is 14.6 Å². The van der Waals surface area contributed by atoms with Gasteiger partial charge in [-0.05, 0) is 52.9 Å². The lowest BCUT2D eigenvalue weighted by atomic mass is 9.95. The van der Waals surface area contributed by atoms with E-state index in [9.17, 15) is 0 Å². The van der Waals surface area contributed by atoms with Crippen LogP contribution in [-0.4, -0.2) is 30.7 Å². The highest BCUT2D eigenvalue weighted by molar-refractivity contribution is 5.06. The molecule has 0 bridgehead atoms. The molecule has 0 unspecified atom stereocenters. The maximum Gasteiger partial charge on any atom is 0.171 e. The van der Waals surface area contributed by atoms with Gasteiger partial charge in [-0.2, -0.15) is 0 Å². The predicted octanol–water partition coefficient (Wildman–Crippen LogP) is 5.56. The number of aliphatic hydroxyl groups is 1. The summed E-state index contributed by atoms with van der Waals surface area (Å²) in [5.74, 6) is 0.0153. The van der Waals surface area contributed by atoms with Crippen LogP contribution in [0.3, 0.4) is 0 Å². The summed E-state index contributed by atoms with van der Waals surface area (Å²) in [5.41, 5.74) is 4.13. The van der Waals surface area contributed by atoms with E-state index < -0.39 is 0 Å². The molecule has 0 aromatic heterocycles. The standard InChI is InChI=1S/C22H38O3/c1-18(2)22(24-16-17-25-22)14-12-20(4)10-6-8-19(3)9-7-11-21(5)13-15-23/h9-10,13,18,23H,6-8,11-12,14-17H2,1-5H3/b19-9+,20-10+,21-13+. The molecule has 1 N–H and O–H groups in total. The van der Waals surface area contributed by atoms with Gasteiger partial charge < -0.3 is 14.6 Å². The second-order valence-electron chi connectivity index (χ2n) is 7.57. The zero-order valence-electron chi connectivity index (χ0n) is 16.9. The third-order valence-corrected chi connectivity index (χ3v) is 5.03. The third kappa shape index (κ3) is 8.35. The molecule has 3 heteroatoms. The number of ether oxygens (including phenoxy) is 2. The Bertz CT molecular complexity index is 466. The van der Waals surface area contributed by atoms with Crippen LogP contribution in [0.4, 0.5) is 0 Å². The molecule has 1 rings (SSSR count). The zero-order chi connectivity index (χ0) is 18.7. The lowest BCUT2D eigenvalue weighted by Crippen LogP contribution is -2.36. The Morgan fingerprint density at radius 3 is 1.84 bits per heavy atom. The molecule has 1 fully saturated rings. The van der Waals surface area contributed by atoms with Gasteiger partial charge in [0.1, 0.15) is 0 Å². The highest BCUT2D eigenvalue weighted by atomic mass is 16.7. The Hall–Kier alpha value is -0.900. The summed E-state index contributed by atoms with van der Waals surface area (Å²) in [6.45, 7) is 12.4. The van der Waals surface area contributed by atoms with Crippen LogP contribution >= 0.6 is 0 Å². The Morgan fingerprint density at radius 2 is 1.36 bits per heavy atom. The molecule has 0 saturated carbocycles. The van der Waals surface area contributed by atoms with Gasteiger partial charge >= 0.3 is 0 Å².